The molecule has 1 aromatic rings. The summed E-state index contributed by atoms with van der Waals surface area (Å²) in [7, 11) is 1.20. The normalized spacial score (nSPS) is 27.9. The zero-order chi connectivity index (χ0) is 27.3. The van der Waals surface area contributed by atoms with E-state index in [0.29, 0.717) is 11.5 Å². The average Bonchev–Trinajstić information content (AvgIpc) is 3.52. The highest BCUT2D eigenvalue weighted by atomic mass is 16.7. The fourth-order valence-corrected chi connectivity index (χ4v) is 6.54. The van der Waals surface area contributed by atoms with Gasteiger partial charge < -0.3 is 24.1 Å². The van der Waals surface area contributed by atoms with Crippen molar-refractivity contribution in [2.75, 3.05) is 27.0 Å². The summed E-state index contributed by atoms with van der Waals surface area (Å²) in [5.74, 6) is -1.03. The maximum absolute atomic E-state index is 13.6. The molecular formula is C29H37NO8. The molecule has 4 atom stereocenters. The summed E-state index contributed by atoms with van der Waals surface area (Å²) in [5, 5.41) is 11.4. The molecule has 38 heavy (non-hydrogen) atoms. The molecular weight excluding hydrogens is 490 g/mol. The van der Waals surface area contributed by atoms with Crippen molar-refractivity contribution in [1.29, 1.82) is 0 Å². The van der Waals surface area contributed by atoms with Gasteiger partial charge >= 0.3 is 11.9 Å². The number of hydrogen-bond acceptors (Lipinski definition) is 9. The molecule has 0 amide bonds. The zero-order valence-corrected chi connectivity index (χ0v) is 22.6. The summed E-state index contributed by atoms with van der Waals surface area (Å²) >= 11 is 0. The van der Waals surface area contributed by atoms with Crippen LogP contribution in [0.3, 0.4) is 0 Å². The molecule has 4 aliphatic rings. The van der Waals surface area contributed by atoms with E-state index >= 15 is 0 Å². The Kier molecular flexibility index (Phi) is 6.80. The number of esters is 2. The minimum atomic E-state index is -2.16. The summed E-state index contributed by atoms with van der Waals surface area (Å²) in [4.78, 5) is 41.7. The molecule has 0 radical (unpaired) electrons. The van der Waals surface area contributed by atoms with Gasteiger partial charge in [0.1, 0.15) is 0 Å². The maximum atomic E-state index is 13.6. The smallest absolute Gasteiger partial charge is 0.339 e. The van der Waals surface area contributed by atoms with Crippen LogP contribution in [0, 0.1) is 5.41 Å². The van der Waals surface area contributed by atoms with Crippen molar-refractivity contribution in [2.45, 2.75) is 82.5 Å². The Bertz CT molecular complexity index is 1170. The van der Waals surface area contributed by atoms with E-state index in [-0.39, 0.29) is 30.8 Å². The SMILES string of the molecule is COC(=O)C[C@](O)(C/C=C/C(C)(C)C)C(=O)O[C@@H]1C(=O)C[C@]23CCCN2CCc2cc4c(cc2[C@H]13)OCO4. The van der Waals surface area contributed by atoms with E-state index in [1.54, 1.807) is 6.08 Å². The Morgan fingerprint density at radius 2 is 1.95 bits per heavy atom. The fraction of sp³-hybridized carbons (Fsp3) is 0.621. The minimum absolute atomic E-state index is 0.139. The van der Waals surface area contributed by atoms with E-state index in [1.165, 1.54) is 7.11 Å². The van der Waals surface area contributed by atoms with Crippen molar-refractivity contribution < 1.29 is 38.4 Å². The fourth-order valence-electron chi connectivity index (χ4n) is 6.54. The highest BCUT2D eigenvalue weighted by Crippen LogP contribution is 2.55. The van der Waals surface area contributed by atoms with Gasteiger partial charge in [-0.3, -0.25) is 14.5 Å². The molecule has 5 rings (SSSR count). The third-order valence-corrected chi connectivity index (χ3v) is 8.32. The lowest BCUT2D eigenvalue weighted by Gasteiger charge is -2.39. The number of Topliss-reactive ketones (excluding diaryl/α,β-unsaturated/α-hetero) is 1. The van der Waals surface area contributed by atoms with Crippen molar-refractivity contribution in [3.8, 4) is 11.5 Å². The molecule has 3 aliphatic heterocycles. The van der Waals surface area contributed by atoms with Gasteiger partial charge in [-0.05, 0) is 54.5 Å². The van der Waals surface area contributed by atoms with Crippen LogP contribution in [-0.4, -0.2) is 72.0 Å². The number of carbonyl (C=O) groups is 3. The summed E-state index contributed by atoms with van der Waals surface area (Å²) < 4.78 is 22.0. The number of aliphatic hydroxyl groups is 1. The van der Waals surface area contributed by atoms with E-state index in [1.807, 2.05) is 39.0 Å². The third-order valence-electron chi connectivity index (χ3n) is 8.32. The molecule has 0 aromatic heterocycles. The van der Waals surface area contributed by atoms with Crippen LogP contribution in [0.5, 0.6) is 11.5 Å². The van der Waals surface area contributed by atoms with Gasteiger partial charge in [0.15, 0.2) is 29.0 Å². The Hall–Kier alpha value is -2.91. The molecule has 3 heterocycles. The molecule has 1 saturated heterocycles. The minimum Gasteiger partial charge on any atom is -0.469 e. The number of fused-ring (bicyclic) bond motifs is 3. The zero-order valence-electron chi connectivity index (χ0n) is 22.6. The molecule has 1 saturated carbocycles. The summed E-state index contributed by atoms with van der Waals surface area (Å²) in [6.07, 6.45) is 4.54. The third kappa shape index (κ3) is 4.71. The van der Waals surface area contributed by atoms with Crippen LogP contribution in [-0.2, 0) is 30.3 Å². The van der Waals surface area contributed by atoms with E-state index in [4.69, 9.17) is 18.9 Å². The largest absolute Gasteiger partial charge is 0.469 e. The van der Waals surface area contributed by atoms with Crippen LogP contribution in [0.4, 0.5) is 0 Å². The number of carbonyl (C=O) groups excluding carboxylic acids is 3. The second-order valence-corrected chi connectivity index (χ2v) is 12.1. The van der Waals surface area contributed by atoms with Crippen molar-refractivity contribution in [3.63, 3.8) is 0 Å². The maximum Gasteiger partial charge on any atom is 0.339 e. The molecule has 1 N–H and O–H groups in total. The number of benzene rings is 1. The van der Waals surface area contributed by atoms with E-state index in [2.05, 4.69) is 4.90 Å². The van der Waals surface area contributed by atoms with Crippen LogP contribution in [0.1, 0.15) is 69.9 Å². The predicted octanol–water partition coefficient (Wildman–Crippen LogP) is 3.06. The first kappa shape index (κ1) is 26.7. The molecule has 2 fully saturated rings. The molecule has 0 bridgehead atoms. The van der Waals surface area contributed by atoms with E-state index in [9.17, 15) is 19.5 Å². The van der Waals surface area contributed by atoms with Gasteiger partial charge in [-0.15, -0.1) is 0 Å². The Morgan fingerprint density at radius 3 is 2.66 bits per heavy atom. The second kappa shape index (κ2) is 9.68. The molecule has 1 aromatic carbocycles. The highest BCUT2D eigenvalue weighted by Gasteiger charge is 2.61. The lowest BCUT2D eigenvalue weighted by molar-refractivity contribution is -0.178. The average molecular weight is 528 g/mol. The second-order valence-electron chi connectivity index (χ2n) is 12.1. The Balaban J connectivity index is 1.50. The topological polar surface area (TPSA) is 112 Å². The first-order valence-corrected chi connectivity index (χ1v) is 13.3. The number of nitrogens with zero attached hydrogens (tertiary/aromatic N) is 1. The van der Waals surface area contributed by atoms with Gasteiger partial charge in [0.25, 0.3) is 0 Å². The van der Waals surface area contributed by atoms with Crippen LogP contribution < -0.4 is 9.47 Å². The van der Waals surface area contributed by atoms with Gasteiger partial charge in [0.2, 0.25) is 6.79 Å². The Morgan fingerprint density at radius 1 is 1.21 bits per heavy atom. The summed E-state index contributed by atoms with van der Waals surface area (Å²) in [6, 6.07) is 3.90. The van der Waals surface area contributed by atoms with Crippen LogP contribution >= 0.6 is 0 Å². The lowest BCUT2D eigenvalue weighted by atomic mass is 9.78. The number of rotatable bonds is 6. The lowest BCUT2D eigenvalue weighted by Crippen LogP contribution is -2.48. The molecule has 0 unspecified atom stereocenters. The van der Waals surface area contributed by atoms with Crippen molar-refractivity contribution in [1.82, 2.24) is 4.90 Å². The summed E-state index contributed by atoms with van der Waals surface area (Å²) in [5.41, 5.74) is -0.851. The molecule has 206 valence electrons. The number of hydrogen-bond donors (Lipinski definition) is 1. The predicted molar refractivity (Wildman–Crippen MR) is 137 cm³/mol. The van der Waals surface area contributed by atoms with Crippen LogP contribution in [0.25, 0.3) is 0 Å². The van der Waals surface area contributed by atoms with Crippen LogP contribution in [0.2, 0.25) is 0 Å². The summed E-state index contributed by atoms with van der Waals surface area (Å²) in [6.45, 7) is 7.76. The first-order chi connectivity index (χ1) is 18.0. The van der Waals surface area contributed by atoms with Gasteiger partial charge in [0.05, 0.1) is 13.5 Å². The molecule has 1 spiro atoms. The molecule has 1 aliphatic carbocycles. The van der Waals surface area contributed by atoms with Gasteiger partial charge in [0, 0.05) is 30.8 Å². The number of methoxy groups -OCH3 is 1. The van der Waals surface area contributed by atoms with E-state index < -0.39 is 41.5 Å². The monoisotopic (exact) mass is 527 g/mol. The van der Waals surface area contributed by atoms with Gasteiger partial charge in [-0.25, -0.2) is 4.79 Å². The first-order valence-electron chi connectivity index (χ1n) is 13.3. The molecule has 9 heteroatoms. The number of ketones is 1. The van der Waals surface area contributed by atoms with Crippen molar-refractivity contribution >= 4 is 17.7 Å². The van der Waals surface area contributed by atoms with Crippen LogP contribution in [0.15, 0.2) is 24.3 Å². The molecule has 9 nitrogen and oxygen atoms in total. The van der Waals surface area contributed by atoms with Gasteiger partial charge in [-0.1, -0.05) is 32.9 Å². The number of ether oxygens (including phenoxy) is 4. The highest BCUT2D eigenvalue weighted by molar-refractivity contribution is 5.93. The quantitative estimate of drug-likeness (QED) is 0.441. The van der Waals surface area contributed by atoms with Gasteiger partial charge in [-0.2, -0.15) is 0 Å². The van der Waals surface area contributed by atoms with Crippen molar-refractivity contribution in [2.24, 2.45) is 5.41 Å². The number of allylic oxidation sites excluding steroid dienone is 1. The Labute approximate surface area is 223 Å². The standard InChI is InChI=1S/C29H37NO8/c1-27(2,3)8-5-10-29(34,16-23(32)35-4)26(33)38-25-20(31)15-28-9-6-11-30(28)12-7-18-13-21-22(37-17-36-21)14-19(18)24(25)28/h5,8,13-14,24-25,34H,6-7,9-12,15-17H2,1-4H3/b8-5+/t24-,25-,28+,29-/m1/s1. The van der Waals surface area contributed by atoms with Crippen molar-refractivity contribution in [3.05, 3.63) is 35.4 Å². The van der Waals surface area contributed by atoms with E-state index in [0.717, 1.165) is 43.5 Å².